The molecular weight excluding hydrogens is 340 g/mol. The number of carbonyl (C=O) groups is 1. The number of aromatic nitrogens is 2. The molecule has 0 aliphatic carbocycles. The third-order valence-corrected chi connectivity index (χ3v) is 4.23. The van der Waals surface area contributed by atoms with Crippen LogP contribution in [0.25, 0.3) is 10.6 Å². The Hall–Kier alpha value is -2.71. The summed E-state index contributed by atoms with van der Waals surface area (Å²) in [6.45, 7) is 0. The van der Waals surface area contributed by atoms with Crippen molar-refractivity contribution in [2.75, 3.05) is 5.32 Å². The predicted molar refractivity (Wildman–Crippen MR) is 88.0 cm³/mol. The van der Waals surface area contributed by atoms with Gasteiger partial charge in [0.05, 0.1) is 26.1 Å². The monoisotopic (exact) mass is 348 g/mol. The summed E-state index contributed by atoms with van der Waals surface area (Å²) in [7, 11) is 0. The molecule has 0 unspecified atom stereocenters. The van der Waals surface area contributed by atoms with Crippen LogP contribution in [0.15, 0.2) is 41.8 Å². The smallest absolute Gasteiger partial charge is 0.270 e. The number of hydrogen-bond acceptors (Lipinski definition) is 5. The maximum Gasteiger partial charge on any atom is 0.270 e. The molecule has 3 rings (SSSR count). The molecule has 1 amide bonds. The van der Waals surface area contributed by atoms with Crippen LogP contribution in [0.5, 0.6) is 0 Å². The second-order valence-electron chi connectivity index (χ2n) is 4.52. The van der Waals surface area contributed by atoms with Crippen molar-refractivity contribution in [2.45, 2.75) is 0 Å². The molecule has 0 aliphatic rings. The number of aromatic amines is 1. The summed E-state index contributed by atoms with van der Waals surface area (Å²) in [5.41, 5.74) is 0.745. The van der Waals surface area contributed by atoms with Crippen molar-refractivity contribution < 1.29 is 9.72 Å². The highest BCUT2D eigenvalue weighted by molar-refractivity contribution is 7.13. The van der Waals surface area contributed by atoms with E-state index < -0.39 is 10.8 Å². The van der Waals surface area contributed by atoms with Crippen molar-refractivity contribution in [1.29, 1.82) is 0 Å². The number of thiophene rings is 1. The van der Waals surface area contributed by atoms with Gasteiger partial charge in [0.25, 0.3) is 11.6 Å². The number of nitro benzene ring substituents is 1. The van der Waals surface area contributed by atoms with Crippen LogP contribution in [0.3, 0.4) is 0 Å². The van der Waals surface area contributed by atoms with E-state index in [1.165, 1.54) is 12.1 Å². The molecule has 2 heterocycles. The zero-order valence-electron chi connectivity index (χ0n) is 11.4. The Morgan fingerprint density at radius 2 is 2.17 bits per heavy atom. The molecule has 0 atom stereocenters. The molecule has 3 aromatic rings. The van der Waals surface area contributed by atoms with Crippen LogP contribution in [0.4, 0.5) is 11.5 Å². The van der Waals surface area contributed by atoms with Gasteiger partial charge in [-0.15, -0.1) is 11.3 Å². The van der Waals surface area contributed by atoms with E-state index in [0.29, 0.717) is 5.82 Å². The number of anilines is 1. The third kappa shape index (κ3) is 3.22. The van der Waals surface area contributed by atoms with Gasteiger partial charge in [-0.2, -0.15) is 5.10 Å². The number of nitrogens with zero attached hydrogens (tertiary/aromatic N) is 2. The van der Waals surface area contributed by atoms with Gasteiger partial charge in [-0.1, -0.05) is 17.7 Å². The maximum absolute atomic E-state index is 12.2. The molecule has 23 heavy (non-hydrogen) atoms. The molecule has 9 heteroatoms. The first-order valence-electron chi connectivity index (χ1n) is 6.39. The van der Waals surface area contributed by atoms with Crippen molar-refractivity contribution >= 4 is 40.4 Å². The van der Waals surface area contributed by atoms with Crippen LogP contribution in [0, 0.1) is 10.1 Å². The second-order valence-corrected chi connectivity index (χ2v) is 5.87. The molecule has 0 bridgehead atoms. The second kappa shape index (κ2) is 6.19. The zero-order valence-corrected chi connectivity index (χ0v) is 13.0. The SMILES string of the molecule is O=C(Nc1cc(-c2cccs2)[nH]n1)c1ccc([N+](=O)[O-])cc1Cl. The van der Waals surface area contributed by atoms with E-state index in [0.717, 1.165) is 16.6 Å². The van der Waals surface area contributed by atoms with Gasteiger partial charge in [0, 0.05) is 18.2 Å². The quantitative estimate of drug-likeness (QED) is 0.550. The van der Waals surface area contributed by atoms with Crippen LogP contribution in [-0.2, 0) is 0 Å². The Kier molecular flexibility index (Phi) is 4.09. The first kappa shape index (κ1) is 15.2. The minimum atomic E-state index is -0.575. The molecule has 2 N–H and O–H groups in total. The van der Waals surface area contributed by atoms with Crippen molar-refractivity contribution in [2.24, 2.45) is 0 Å². The fourth-order valence-corrected chi connectivity index (χ4v) is 2.88. The van der Waals surface area contributed by atoms with Gasteiger partial charge < -0.3 is 5.32 Å². The molecule has 0 fully saturated rings. The lowest BCUT2D eigenvalue weighted by molar-refractivity contribution is -0.384. The number of nitrogens with one attached hydrogen (secondary N) is 2. The summed E-state index contributed by atoms with van der Waals surface area (Å²) >= 11 is 7.47. The molecule has 0 saturated heterocycles. The summed E-state index contributed by atoms with van der Waals surface area (Å²) in [4.78, 5) is 23.3. The number of non-ortho nitro benzene ring substituents is 1. The summed E-state index contributed by atoms with van der Waals surface area (Å²) in [5, 5.41) is 22.1. The van der Waals surface area contributed by atoms with Gasteiger partial charge in [-0.25, -0.2) is 0 Å². The predicted octanol–water partition coefficient (Wildman–Crippen LogP) is 3.95. The van der Waals surface area contributed by atoms with E-state index in [4.69, 9.17) is 11.6 Å². The Balaban J connectivity index is 1.78. The highest BCUT2D eigenvalue weighted by Crippen LogP contribution is 2.26. The van der Waals surface area contributed by atoms with Gasteiger partial charge in [0.2, 0.25) is 0 Å². The summed E-state index contributed by atoms with van der Waals surface area (Å²) in [5.74, 6) is -0.151. The zero-order chi connectivity index (χ0) is 16.4. The van der Waals surface area contributed by atoms with Crippen LogP contribution >= 0.6 is 22.9 Å². The fraction of sp³-hybridized carbons (Fsp3) is 0. The van der Waals surface area contributed by atoms with E-state index in [-0.39, 0.29) is 16.3 Å². The summed E-state index contributed by atoms with van der Waals surface area (Å²) in [6, 6.07) is 9.21. The van der Waals surface area contributed by atoms with E-state index in [9.17, 15) is 14.9 Å². The molecule has 0 spiro atoms. The molecule has 0 saturated carbocycles. The average Bonchev–Trinajstić information content (AvgIpc) is 3.17. The Bertz CT molecular complexity index is 876. The van der Waals surface area contributed by atoms with E-state index in [1.54, 1.807) is 17.4 Å². The van der Waals surface area contributed by atoms with Gasteiger partial charge in [-0.3, -0.25) is 20.0 Å². The average molecular weight is 349 g/mol. The van der Waals surface area contributed by atoms with Crippen LogP contribution in [0.2, 0.25) is 5.02 Å². The van der Waals surface area contributed by atoms with Gasteiger partial charge >= 0.3 is 0 Å². The lowest BCUT2D eigenvalue weighted by Crippen LogP contribution is -2.12. The fourth-order valence-electron chi connectivity index (χ4n) is 1.93. The molecular formula is C14H9ClN4O3S. The lowest BCUT2D eigenvalue weighted by atomic mass is 10.2. The minimum Gasteiger partial charge on any atom is -0.305 e. The number of hydrogen-bond donors (Lipinski definition) is 2. The van der Waals surface area contributed by atoms with Crippen LogP contribution < -0.4 is 5.32 Å². The van der Waals surface area contributed by atoms with Crippen molar-refractivity contribution in [3.8, 4) is 10.6 Å². The van der Waals surface area contributed by atoms with E-state index in [2.05, 4.69) is 15.5 Å². The Morgan fingerprint density at radius 1 is 1.35 bits per heavy atom. The van der Waals surface area contributed by atoms with Crippen molar-refractivity contribution in [3.63, 3.8) is 0 Å². The largest absolute Gasteiger partial charge is 0.305 e. The van der Waals surface area contributed by atoms with Crippen LogP contribution in [0.1, 0.15) is 10.4 Å². The molecule has 0 aliphatic heterocycles. The normalized spacial score (nSPS) is 10.5. The highest BCUT2D eigenvalue weighted by atomic mass is 35.5. The van der Waals surface area contributed by atoms with E-state index in [1.807, 2.05) is 17.5 Å². The Morgan fingerprint density at radius 3 is 2.83 bits per heavy atom. The van der Waals surface area contributed by atoms with Gasteiger partial charge in [0.1, 0.15) is 0 Å². The number of benzene rings is 1. The standard InChI is InChI=1S/C14H9ClN4O3S/c15-10-6-8(19(21)22)3-4-9(10)14(20)16-13-7-11(17-18-13)12-2-1-5-23-12/h1-7H,(H2,16,17,18,20). The van der Waals surface area contributed by atoms with Crippen molar-refractivity contribution in [1.82, 2.24) is 10.2 Å². The van der Waals surface area contributed by atoms with Crippen LogP contribution in [-0.4, -0.2) is 21.0 Å². The lowest BCUT2D eigenvalue weighted by Gasteiger charge is -2.03. The summed E-state index contributed by atoms with van der Waals surface area (Å²) in [6.07, 6.45) is 0. The number of rotatable bonds is 4. The van der Waals surface area contributed by atoms with Crippen molar-refractivity contribution in [3.05, 3.63) is 62.5 Å². The number of nitro groups is 1. The molecule has 116 valence electrons. The minimum absolute atomic E-state index is 0.00529. The maximum atomic E-state index is 12.2. The number of amides is 1. The molecule has 1 aromatic carbocycles. The first-order valence-corrected chi connectivity index (χ1v) is 7.65. The molecule has 7 nitrogen and oxygen atoms in total. The molecule has 2 aromatic heterocycles. The molecule has 0 radical (unpaired) electrons. The number of H-pyrrole nitrogens is 1. The van der Waals surface area contributed by atoms with Gasteiger partial charge in [-0.05, 0) is 17.5 Å². The third-order valence-electron chi connectivity index (χ3n) is 3.01. The highest BCUT2D eigenvalue weighted by Gasteiger charge is 2.16. The Labute approximate surface area is 139 Å². The topological polar surface area (TPSA) is 101 Å². The van der Waals surface area contributed by atoms with E-state index >= 15 is 0 Å². The number of halogens is 1. The first-order chi connectivity index (χ1) is 11.0. The van der Waals surface area contributed by atoms with Gasteiger partial charge in [0.15, 0.2) is 5.82 Å². The number of carbonyl (C=O) groups excluding carboxylic acids is 1. The summed E-state index contributed by atoms with van der Waals surface area (Å²) < 4.78 is 0.